The van der Waals surface area contributed by atoms with E-state index >= 15 is 0 Å². The maximum absolute atomic E-state index is 4.23. The van der Waals surface area contributed by atoms with E-state index in [1.807, 2.05) is 12.4 Å². The maximum atomic E-state index is 4.23. The Morgan fingerprint density at radius 3 is 2.85 bits per heavy atom. The first kappa shape index (κ1) is 13.3. The Kier molecular flexibility index (Phi) is 3.35. The Morgan fingerprint density at radius 2 is 2.05 bits per heavy atom. The molecule has 104 valence electrons. The number of hydrogen-bond acceptors (Lipinski definition) is 2. The minimum atomic E-state index is 0.264. The fourth-order valence-electron chi connectivity index (χ4n) is 3.27. The van der Waals surface area contributed by atoms with Crippen molar-refractivity contribution < 1.29 is 0 Å². The molecule has 0 aliphatic heterocycles. The second kappa shape index (κ2) is 5.02. The summed E-state index contributed by atoms with van der Waals surface area (Å²) in [6.45, 7) is 7.72. The van der Waals surface area contributed by atoms with E-state index in [1.54, 1.807) is 0 Å². The van der Waals surface area contributed by atoms with Crippen LogP contribution in [0, 0.1) is 12.3 Å². The number of nitrogens with zero attached hydrogens (tertiary/aromatic N) is 1. The standard InChI is InChI=1S/C18H22N2/c1-13-8-9-19-11-15(13)12-20-17-16-7-5-4-6-14(16)10-18(17,2)3/h4-9,11,17,20H,10,12H2,1-3H3. The molecule has 2 heteroatoms. The molecule has 0 bridgehead atoms. The highest BCUT2D eigenvalue weighted by Gasteiger charge is 2.38. The second-order valence-electron chi connectivity index (χ2n) is 6.48. The SMILES string of the molecule is Cc1ccncc1CNC1c2ccccc2CC1(C)C. The van der Waals surface area contributed by atoms with Gasteiger partial charge in [0.2, 0.25) is 0 Å². The summed E-state index contributed by atoms with van der Waals surface area (Å²) < 4.78 is 0. The van der Waals surface area contributed by atoms with Crippen molar-refractivity contribution >= 4 is 0 Å². The molecule has 1 aliphatic rings. The van der Waals surface area contributed by atoms with E-state index in [0.717, 1.165) is 13.0 Å². The molecule has 0 radical (unpaired) electrons. The van der Waals surface area contributed by atoms with Crippen LogP contribution >= 0.6 is 0 Å². The maximum Gasteiger partial charge on any atom is 0.0380 e. The Bertz CT molecular complexity index is 616. The third kappa shape index (κ3) is 2.36. The van der Waals surface area contributed by atoms with Crippen molar-refractivity contribution in [3.63, 3.8) is 0 Å². The molecule has 2 nitrogen and oxygen atoms in total. The lowest BCUT2D eigenvalue weighted by Crippen LogP contribution is -2.31. The Morgan fingerprint density at radius 1 is 1.25 bits per heavy atom. The van der Waals surface area contributed by atoms with Crippen LogP contribution in [-0.4, -0.2) is 4.98 Å². The van der Waals surface area contributed by atoms with Crippen molar-refractivity contribution in [1.29, 1.82) is 0 Å². The summed E-state index contributed by atoms with van der Waals surface area (Å²) >= 11 is 0. The summed E-state index contributed by atoms with van der Waals surface area (Å²) in [4.78, 5) is 4.23. The highest BCUT2D eigenvalue weighted by atomic mass is 14.9. The lowest BCUT2D eigenvalue weighted by atomic mass is 9.85. The smallest absolute Gasteiger partial charge is 0.0380 e. The number of rotatable bonds is 3. The summed E-state index contributed by atoms with van der Waals surface area (Å²) in [6.07, 6.45) is 4.97. The third-order valence-electron chi connectivity index (χ3n) is 4.44. The van der Waals surface area contributed by atoms with Crippen LogP contribution in [0.2, 0.25) is 0 Å². The van der Waals surface area contributed by atoms with E-state index in [1.165, 1.54) is 22.3 Å². The van der Waals surface area contributed by atoms with Crippen molar-refractivity contribution in [1.82, 2.24) is 10.3 Å². The van der Waals surface area contributed by atoms with E-state index in [0.29, 0.717) is 6.04 Å². The molecule has 1 aromatic heterocycles. The molecule has 1 aromatic carbocycles. The number of aryl methyl sites for hydroxylation is 1. The number of benzene rings is 1. The number of fused-ring (bicyclic) bond motifs is 1. The Labute approximate surface area is 121 Å². The van der Waals surface area contributed by atoms with E-state index in [2.05, 4.69) is 61.4 Å². The highest BCUT2D eigenvalue weighted by molar-refractivity contribution is 5.37. The summed E-state index contributed by atoms with van der Waals surface area (Å²) in [6, 6.07) is 11.3. The van der Waals surface area contributed by atoms with Gasteiger partial charge < -0.3 is 5.32 Å². The monoisotopic (exact) mass is 266 g/mol. The van der Waals surface area contributed by atoms with Crippen molar-refractivity contribution in [3.8, 4) is 0 Å². The molecule has 2 aromatic rings. The normalized spacial score (nSPS) is 19.9. The van der Waals surface area contributed by atoms with Crippen molar-refractivity contribution in [2.45, 2.75) is 39.8 Å². The van der Waals surface area contributed by atoms with Gasteiger partial charge in [0, 0.05) is 25.0 Å². The van der Waals surface area contributed by atoms with Gasteiger partial charge in [-0.2, -0.15) is 0 Å². The highest BCUT2D eigenvalue weighted by Crippen LogP contribution is 2.45. The molecular formula is C18H22N2. The fraction of sp³-hybridized carbons (Fsp3) is 0.389. The lowest BCUT2D eigenvalue weighted by molar-refractivity contribution is 0.268. The van der Waals surface area contributed by atoms with Gasteiger partial charge in [0.05, 0.1) is 0 Å². The molecule has 1 heterocycles. The van der Waals surface area contributed by atoms with Crippen LogP contribution in [0.15, 0.2) is 42.7 Å². The average molecular weight is 266 g/mol. The van der Waals surface area contributed by atoms with Gasteiger partial charge in [-0.3, -0.25) is 4.98 Å². The van der Waals surface area contributed by atoms with Gasteiger partial charge in [-0.25, -0.2) is 0 Å². The second-order valence-corrected chi connectivity index (χ2v) is 6.48. The van der Waals surface area contributed by atoms with Gasteiger partial charge in [-0.05, 0) is 47.1 Å². The first-order chi connectivity index (χ1) is 9.58. The first-order valence-corrected chi connectivity index (χ1v) is 7.28. The Hall–Kier alpha value is -1.67. The van der Waals surface area contributed by atoms with Gasteiger partial charge in [-0.15, -0.1) is 0 Å². The van der Waals surface area contributed by atoms with E-state index in [4.69, 9.17) is 0 Å². The average Bonchev–Trinajstić information content (AvgIpc) is 2.68. The largest absolute Gasteiger partial charge is 0.305 e. The summed E-state index contributed by atoms with van der Waals surface area (Å²) in [5.41, 5.74) is 5.79. The molecule has 0 saturated heterocycles. The van der Waals surface area contributed by atoms with Gasteiger partial charge >= 0.3 is 0 Å². The summed E-state index contributed by atoms with van der Waals surface area (Å²) in [7, 11) is 0. The molecule has 0 fully saturated rings. The quantitative estimate of drug-likeness (QED) is 0.914. The van der Waals surface area contributed by atoms with Crippen LogP contribution in [0.5, 0.6) is 0 Å². The van der Waals surface area contributed by atoms with Crippen molar-refractivity contribution in [3.05, 3.63) is 65.0 Å². The zero-order chi connectivity index (χ0) is 14.2. The van der Waals surface area contributed by atoms with Crippen LogP contribution in [0.1, 0.15) is 42.1 Å². The lowest BCUT2D eigenvalue weighted by Gasteiger charge is -2.29. The number of hydrogen-bond donors (Lipinski definition) is 1. The molecule has 1 N–H and O–H groups in total. The molecule has 0 amide bonds. The molecule has 3 rings (SSSR count). The minimum absolute atomic E-state index is 0.264. The predicted molar refractivity (Wildman–Crippen MR) is 82.5 cm³/mol. The van der Waals surface area contributed by atoms with Gasteiger partial charge in [0.15, 0.2) is 0 Å². The first-order valence-electron chi connectivity index (χ1n) is 7.28. The molecule has 20 heavy (non-hydrogen) atoms. The summed E-state index contributed by atoms with van der Waals surface area (Å²) in [5, 5.41) is 3.75. The topological polar surface area (TPSA) is 24.9 Å². The van der Waals surface area contributed by atoms with Gasteiger partial charge in [0.25, 0.3) is 0 Å². The minimum Gasteiger partial charge on any atom is -0.305 e. The molecule has 0 saturated carbocycles. The number of aromatic nitrogens is 1. The van der Waals surface area contributed by atoms with E-state index < -0.39 is 0 Å². The van der Waals surface area contributed by atoms with Gasteiger partial charge in [-0.1, -0.05) is 38.1 Å². The van der Waals surface area contributed by atoms with Crippen LogP contribution in [0.25, 0.3) is 0 Å². The van der Waals surface area contributed by atoms with Crippen LogP contribution < -0.4 is 5.32 Å². The van der Waals surface area contributed by atoms with E-state index in [-0.39, 0.29) is 5.41 Å². The predicted octanol–water partition coefficient (Wildman–Crippen LogP) is 3.80. The zero-order valence-electron chi connectivity index (χ0n) is 12.5. The van der Waals surface area contributed by atoms with Crippen molar-refractivity contribution in [2.75, 3.05) is 0 Å². The number of nitrogens with one attached hydrogen (secondary N) is 1. The van der Waals surface area contributed by atoms with Crippen LogP contribution in [0.4, 0.5) is 0 Å². The van der Waals surface area contributed by atoms with Gasteiger partial charge in [0.1, 0.15) is 0 Å². The third-order valence-corrected chi connectivity index (χ3v) is 4.44. The van der Waals surface area contributed by atoms with Crippen LogP contribution in [0.3, 0.4) is 0 Å². The molecule has 1 unspecified atom stereocenters. The zero-order valence-corrected chi connectivity index (χ0v) is 12.5. The van der Waals surface area contributed by atoms with Crippen LogP contribution in [-0.2, 0) is 13.0 Å². The molecular weight excluding hydrogens is 244 g/mol. The Balaban J connectivity index is 1.82. The molecule has 1 atom stereocenters. The van der Waals surface area contributed by atoms with E-state index in [9.17, 15) is 0 Å². The summed E-state index contributed by atoms with van der Waals surface area (Å²) in [5.74, 6) is 0. The fourth-order valence-corrected chi connectivity index (χ4v) is 3.27. The molecule has 1 aliphatic carbocycles. The van der Waals surface area contributed by atoms with Crippen molar-refractivity contribution in [2.24, 2.45) is 5.41 Å². The molecule has 0 spiro atoms. The number of pyridine rings is 1.